The van der Waals surface area contributed by atoms with Gasteiger partial charge in [-0.1, -0.05) is 18.2 Å². The number of ketones is 1. The first-order valence-corrected chi connectivity index (χ1v) is 7.71. The maximum Gasteiger partial charge on any atom is 0.372 e. The highest BCUT2D eigenvalue weighted by molar-refractivity contribution is 6.32. The molecule has 140 valence electrons. The van der Waals surface area contributed by atoms with Crippen molar-refractivity contribution >= 4 is 17.7 Å². The second kappa shape index (κ2) is 10.00. The van der Waals surface area contributed by atoms with E-state index < -0.39 is 23.8 Å². The fourth-order valence-corrected chi connectivity index (χ4v) is 2.07. The molecule has 0 spiro atoms. The molecule has 2 atom stereocenters. The Kier molecular flexibility index (Phi) is 8.04. The van der Waals surface area contributed by atoms with Crippen LogP contribution >= 0.6 is 0 Å². The van der Waals surface area contributed by atoms with Crippen molar-refractivity contribution in [2.75, 3.05) is 0 Å². The third-order valence-corrected chi connectivity index (χ3v) is 3.51. The summed E-state index contributed by atoms with van der Waals surface area (Å²) < 4.78 is 0. The monoisotopic (exact) mass is 364 g/mol. The average Bonchev–Trinajstić information content (AvgIpc) is 2.59. The second-order valence-corrected chi connectivity index (χ2v) is 5.64. The van der Waals surface area contributed by atoms with Gasteiger partial charge in [-0.3, -0.25) is 4.79 Å². The van der Waals surface area contributed by atoms with Gasteiger partial charge in [-0.05, 0) is 42.2 Å². The summed E-state index contributed by atoms with van der Waals surface area (Å²) in [4.78, 5) is 31.2. The number of aliphatic hydroxyl groups is 2. The Morgan fingerprint density at radius 1 is 1.08 bits per heavy atom. The normalized spacial score (nSPS) is 16.7. The average molecular weight is 364 g/mol. The number of phenols is 1. The summed E-state index contributed by atoms with van der Waals surface area (Å²) in [5.74, 6) is -3.24. The zero-order chi connectivity index (χ0) is 19.7. The minimum Gasteiger partial charge on any atom is -0.508 e. The Morgan fingerprint density at radius 2 is 1.69 bits per heavy atom. The van der Waals surface area contributed by atoms with E-state index in [4.69, 9.17) is 25.5 Å². The van der Waals surface area contributed by atoms with Gasteiger partial charge in [-0.15, -0.1) is 0 Å². The number of phenolic OH excluding ortho intramolecular Hbond substituents is 1. The van der Waals surface area contributed by atoms with Crippen LogP contribution in [0.5, 0.6) is 5.75 Å². The number of Topliss-reactive ketones (excluding diaryl/α,β-unsaturated/α-hetero) is 1. The second-order valence-electron chi connectivity index (χ2n) is 5.64. The van der Waals surface area contributed by atoms with Crippen molar-refractivity contribution < 1.29 is 39.9 Å². The Hall–Kier alpha value is -3.13. The first-order chi connectivity index (χ1) is 12.2. The molecule has 8 nitrogen and oxygen atoms in total. The maximum atomic E-state index is 10.8. The lowest BCUT2D eigenvalue weighted by Crippen LogP contribution is -2.21. The topological polar surface area (TPSA) is 152 Å². The number of carbonyl (C=O) groups is 3. The van der Waals surface area contributed by atoms with Crippen LogP contribution in [0, 0.1) is 5.92 Å². The Bertz CT molecular complexity index is 702. The molecule has 8 heteroatoms. The van der Waals surface area contributed by atoms with Gasteiger partial charge >= 0.3 is 11.9 Å². The molecule has 1 aromatic rings. The number of allylic oxidation sites excluding steroid dienone is 3. The van der Waals surface area contributed by atoms with Crippen LogP contribution in [-0.4, -0.2) is 49.4 Å². The summed E-state index contributed by atoms with van der Waals surface area (Å²) in [6.45, 7) is 0. The van der Waals surface area contributed by atoms with E-state index in [1.54, 1.807) is 24.3 Å². The number of hydrogen-bond donors (Lipinski definition) is 5. The lowest BCUT2D eigenvalue weighted by atomic mass is 9.95. The number of carbonyl (C=O) groups excluding carboxylic acids is 1. The molecule has 0 saturated heterocycles. The molecule has 0 heterocycles. The molecule has 5 N–H and O–H groups in total. The van der Waals surface area contributed by atoms with Crippen molar-refractivity contribution in [2.24, 2.45) is 5.92 Å². The van der Waals surface area contributed by atoms with Crippen LogP contribution in [0.3, 0.4) is 0 Å². The summed E-state index contributed by atoms with van der Waals surface area (Å²) in [5, 5.41) is 43.6. The lowest BCUT2D eigenvalue weighted by molar-refractivity contribution is -0.149. The van der Waals surface area contributed by atoms with E-state index in [1.165, 1.54) is 18.2 Å². The van der Waals surface area contributed by atoms with Crippen LogP contribution in [0.1, 0.15) is 18.4 Å². The highest BCUT2D eigenvalue weighted by Crippen LogP contribution is 2.18. The van der Waals surface area contributed by atoms with Gasteiger partial charge in [0.15, 0.2) is 6.10 Å². The largest absolute Gasteiger partial charge is 0.508 e. The molecule has 0 saturated carbocycles. The van der Waals surface area contributed by atoms with Gasteiger partial charge in [0.05, 0.1) is 0 Å². The number of hydrogen-bond acceptors (Lipinski definition) is 6. The van der Waals surface area contributed by atoms with E-state index in [9.17, 15) is 14.4 Å². The number of benzene rings is 1. The molecule has 2 unspecified atom stereocenters. The van der Waals surface area contributed by atoms with E-state index in [1.807, 2.05) is 0 Å². The van der Waals surface area contributed by atoms with Gasteiger partial charge in [0.25, 0.3) is 0 Å². The van der Waals surface area contributed by atoms with Crippen molar-refractivity contribution in [1.29, 1.82) is 0 Å². The van der Waals surface area contributed by atoms with Crippen molar-refractivity contribution in [2.45, 2.75) is 25.4 Å². The molecule has 1 aliphatic carbocycles. The molecule has 0 fully saturated rings. The minimum absolute atomic E-state index is 0.00435. The summed E-state index contributed by atoms with van der Waals surface area (Å²) >= 11 is 0. The molecule has 0 radical (unpaired) electrons. The van der Waals surface area contributed by atoms with Crippen molar-refractivity contribution in [3.63, 3.8) is 0 Å². The van der Waals surface area contributed by atoms with Gasteiger partial charge in [-0.2, -0.15) is 0 Å². The van der Waals surface area contributed by atoms with Crippen LogP contribution in [0.25, 0.3) is 0 Å². The van der Waals surface area contributed by atoms with E-state index in [0.717, 1.165) is 0 Å². The van der Waals surface area contributed by atoms with Gasteiger partial charge in [-0.25, -0.2) is 9.59 Å². The van der Waals surface area contributed by atoms with Crippen molar-refractivity contribution in [1.82, 2.24) is 0 Å². The van der Waals surface area contributed by atoms with E-state index in [-0.39, 0.29) is 30.3 Å². The molecule has 0 amide bonds. The fourth-order valence-electron chi connectivity index (χ4n) is 2.07. The minimum atomic E-state index is -1.40. The number of aliphatic carboxylic acids is 2. The highest BCUT2D eigenvalue weighted by Gasteiger charge is 2.18. The molecule has 2 rings (SSSR count). The van der Waals surface area contributed by atoms with Gasteiger partial charge in [0.1, 0.15) is 11.5 Å². The molecule has 0 aromatic heterocycles. The number of carboxylic acids is 2. The van der Waals surface area contributed by atoms with Crippen LogP contribution in [0.2, 0.25) is 0 Å². The zero-order valence-electron chi connectivity index (χ0n) is 13.8. The molecule has 0 aliphatic heterocycles. The number of aromatic hydroxyl groups is 1. The maximum absolute atomic E-state index is 10.8. The number of aliphatic hydroxyl groups excluding tert-OH is 2. The predicted octanol–water partition coefficient (Wildman–Crippen LogP) is 1.43. The smallest absolute Gasteiger partial charge is 0.372 e. The standard InChI is InChI=1S/2C9H10O4/c2*10-7-3-1-6(2-4-7)5-8(11)9(12)13/h1,3-4,6,10H,2,5H2,(H,12,13);1-4,8,10-11H,5H2,(H,12,13). The van der Waals surface area contributed by atoms with E-state index in [2.05, 4.69) is 0 Å². The van der Waals surface area contributed by atoms with Crippen molar-refractivity contribution in [3.05, 3.63) is 53.8 Å². The molecular weight excluding hydrogens is 344 g/mol. The molecule has 1 aliphatic rings. The quantitative estimate of drug-likeness (QED) is 0.475. The SMILES string of the molecule is O=C(O)C(=O)CC1C=CC(O)=CC1.O=C(O)C(O)Cc1ccc(O)cc1. The summed E-state index contributed by atoms with van der Waals surface area (Å²) in [7, 11) is 0. The van der Waals surface area contributed by atoms with Crippen LogP contribution in [0.15, 0.2) is 48.3 Å². The molecular formula is C18H20O8. The number of carboxylic acid groups (broad SMARTS) is 2. The Labute approximate surface area is 149 Å². The lowest BCUT2D eigenvalue weighted by Gasteiger charge is -2.11. The van der Waals surface area contributed by atoms with Crippen LogP contribution in [0.4, 0.5) is 0 Å². The zero-order valence-corrected chi connectivity index (χ0v) is 13.8. The summed E-state index contributed by atoms with van der Waals surface area (Å²) in [6, 6.07) is 6.04. The van der Waals surface area contributed by atoms with Gasteiger partial charge in [0.2, 0.25) is 5.78 Å². The van der Waals surface area contributed by atoms with Crippen LogP contribution < -0.4 is 0 Å². The van der Waals surface area contributed by atoms with E-state index >= 15 is 0 Å². The van der Waals surface area contributed by atoms with Gasteiger partial charge in [0, 0.05) is 12.8 Å². The highest BCUT2D eigenvalue weighted by atomic mass is 16.4. The predicted molar refractivity (Wildman–Crippen MR) is 90.7 cm³/mol. The Morgan fingerprint density at radius 3 is 2.15 bits per heavy atom. The van der Waals surface area contributed by atoms with Crippen molar-refractivity contribution in [3.8, 4) is 5.75 Å². The first-order valence-electron chi connectivity index (χ1n) is 7.71. The van der Waals surface area contributed by atoms with Gasteiger partial charge < -0.3 is 25.5 Å². The molecule has 0 bridgehead atoms. The molecule has 1 aromatic carbocycles. The third-order valence-electron chi connectivity index (χ3n) is 3.51. The number of rotatable bonds is 6. The van der Waals surface area contributed by atoms with Crippen LogP contribution in [-0.2, 0) is 20.8 Å². The molecule has 26 heavy (non-hydrogen) atoms. The summed E-state index contributed by atoms with van der Waals surface area (Å²) in [5.41, 5.74) is 0.674. The third kappa shape index (κ3) is 7.63. The first kappa shape index (κ1) is 20.9. The summed E-state index contributed by atoms with van der Waals surface area (Å²) in [6.07, 6.45) is 3.87. The fraction of sp³-hybridized carbons (Fsp3) is 0.278. The van der Waals surface area contributed by atoms with E-state index in [0.29, 0.717) is 12.0 Å². The Balaban J connectivity index is 0.000000260.